The summed E-state index contributed by atoms with van der Waals surface area (Å²) in [5, 5.41) is 5.73. The lowest BCUT2D eigenvalue weighted by Crippen LogP contribution is -2.22. The number of nitrogens with zero attached hydrogens (tertiary/aromatic N) is 2. The average Bonchev–Trinajstić information content (AvgIpc) is 3.39. The number of halogens is 2. The van der Waals surface area contributed by atoms with E-state index in [1.807, 2.05) is 47.8 Å². The van der Waals surface area contributed by atoms with E-state index in [4.69, 9.17) is 11.6 Å². The fourth-order valence-electron chi connectivity index (χ4n) is 3.27. The van der Waals surface area contributed by atoms with Crippen LogP contribution in [0, 0.1) is 0 Å². The summed E-state index contributed by atoms with van der Waals surface area (Å²) in [5.41, 5.74) is 3.70. The molecular formula is C21H19BrClN3OS2. The van der Waals surface area contributed by atoms with Gasteiger partial charge in [-0.2, -0.15) is 0 Å². The van der Waals surface area contributed by atoms with Gasteiger partial charge in [-0.05, 0) is 37.1 Å². The van der Waals surface area contributed by atoms with Crippen LogP contribution in [0.15, 0.2) is 56.7 Å². The highest BCUT2D eigenvalue weighted by molar-refractivity contribution is 9.10. The van der Waals surface area contributed by atoms with Crippen LogP contribution in [0.4, 0.5) is 11.4 Å². The molecule has 1 fully saturated rings. The Bertz CT molecular complexity index is 1000. The molecule has 3 aromatic rings. The normalized spacial score (nSPS) is 13.7. The third kappa shape index (κ3) is 5.15. The molecule has 0 radical (unpaired) electrons. The Morgan fingerprint density at radius 3 is 2.72 bits per heavy atom. The van der Waals surface area contributed by atoms with Gasteiger partial charge in [-0.1, -0.05) is 57.5 Å². The lowest BCUT2D eigenvalue weighted by atomic mass is 10.2. The van der Waals surface area contributed by atoms with E-state index in [-0.39, 0.29) is 5.91 Å². The molecule has 1 amide bonds. The number of hydrogen-bond acceptors (Lipinski definition) is 5. The number of para-hydroxylation sites is 1. The number of thiazole rings is 1. The molecule has 0 atom stereocenters. The van der Waals surface area contributed by atoms with Gasteiger partial charge in [-0.3, -0.25) is 4.79 Å². The summed E-state index contributed by atoms with van der Waals surface area (Å²) in [6.07, 6.45) is 2.30. The van der Waals surface area contributed by atoms with Gasteiger partial charge in [0.05, 0.1) is 27.8 Å². The maximum atomic E-state index is 12.6. The Labute approximate surface area is 191 Å². The topological polar surface area (TPSA) is 45.2 Å². The molecule has 0 unspecified atom stereocenters. The number of hydrogen-bond donors (Lipinski definition) is 1. The predicted octanol–water partition coefficient (Wildman–Crippen LogP) is 6.56. The molecule has 0 spiro atoms. The summed E-state index contributed by atoms with van der Waals surface area (Å²) >= 11 is 12.9. The number of benzene rings is 2. The molecule has 1 aliphatic heterocycles. The quantitative estimate of drug-likeness (QED) is 0.383. The first-order valence-corrected chi connectivity index (χ1v) is 12.3. The van der Waals surface area contributed by atoms with Crippen LogP contribution in [-0.2, 0) is 4.79 Å². The fraction of sp³-hybridized carbons (Fsp3) is 0.238. The second-order valence-corrected chi connectivity index (χ2v) is 10.1. The number of aromatic nitrogens is 1. The predicted molar refractivity (Wildman–Crippen MR) is 128 cm³/mol. The molecule has 2 aromatic carbocycles. The maximum Gasteiger partial charge on any atom is 0.234 e. The molecule has 4 nitrogen and oxygen atoms in total. The van der Waals surface area contributed by atoms with Crippen molar-refractivity contribution >= 4 is 67.9 Å². The lowest BCUT2D eigenvalue weighted by Gasteiger charge is -2.22. The van der Waals surface area contributed by atoms with Crippen molar-refractivity contribution < 1.29 is 4.79 Å². The Hall–Kier alpha value is -1.54. The molecule has 0 saturated carbocycles. The van der Waals surface area contributed by atoms with Gasteiger partial charge in [-0.15, -0.1) is 11.3 Å². The van der Waals surface area contributed by atoms with Gasteiger partial charge in [0.15, 0.2) is 4.34 Å². The summed E-state index contributed by atoms with van der Waals surface area (Å²) in [4.78, 5) is 19.4. The molecular weight excluding hydrogens is 490 g/mol. The van der Waals surface area contributed by atoms with E-state index in [9.17, 15) is 4.79 Å². The van der Waals surface area contributed by atoms with Crippen LogP contribution in [-0.4, -0.2) is 29.7 Å². The number of thioether (sulfide) groups is 1. The second-order valence-electron chi connectivity index (χ2n) is 6.67. The molecule has 0 aliphatic carbocycles. The number of carbonyl (C=O) groups excluding carboxylic acids is 1. The summed E-state index contributed by atoms with van der Waals surface area (Å²) in [6.45, 7) is 1.94. The molecule has 150 valence electrons. The summed E-state index contributed by atoms with van der Waals surface area (Å²) in [6, 6.07) is 13.7. The van der Waals surface area contributed by atoms with Crippen molar-refractivity contribution in [1.82, 2.24) is 4.98 Å². The third-order valence-corrected chi connectivity index (χ3v) is 7.49. The minimum atomic E-state index is -0.0573. The minimum Gasteiger partial charge on any atom is -0.369 e. The zero-order valence-corrected chi connectivity index (χ0v) is 19.5. The molecule has 1 aliphatic rings. The van der Waals surface area contributed by atoms with Crippen LogP contribution in [0.1, 0.15) is 12.8 Å². The van der Waals surface area contributed by atoms with Crippen molar-refractivity contribution in [3.63, 3.8) is 0 Å². The maximum absolute atomic E-state index is 12.6. The van der Waals surface area contributed by atoms with E-state index >= 15 is 0 Å². The summed E-state index contributed by atoms with van der Waals surface area (Å²) in [5.74, 6) is 0.247. The van der Waals surface area contributed by atoms with Crippen molar-refractivity contribution in [3.05, 3.63) is 57.3 Å². The Kier molecular flexibility index (Phi) is 6.80. The summed E-state index contributed by atoms with van der Waals surface area (Å²) in [7, 11) is 0. The number of nitrogens with one attached hydrogen (secondary N) is 1. The van der Waals surface area contributed by atoms with E-state index in [2.05, 4.69) is 31.1 Å². The van der Waals surface area contributed by atoms with Gasteiger partial charge >= 0.3 is 0 Å². The van der Waals surface area contributed by atoms with E-state index in [0.29, 0.717) is 10.8 Å². The monoisotopic (exact) mass is 507 g/mol. The van der Waals surface area contributed by atoms with E-state index in [1.54, 1.807) is 11.3 Å². The summed E-state index contributed by atoms with van der Waals surface area (Å²) < 4.78 is 1.92. The number of amides is 1. The third-order valence-electron chi connectivity index (χ3n) is 4.63. The van der Waals surface area contributed by atoms with E-state index in [1.165, 1.54) is 11.8 Å². The second kappa shape index (κ2) is 9.51. The molecule has 4 rings (SSSR count). The number of carbonyl (C=O) groups is 1. The standard InChI is InChI=1S/C21H19BrClN3OS2/c22-15-8-6-14(7-9-15)18-12-28-21(25-18)29-13-19(27)24-17-5-3-4-16(23)20(17)26-10-1-2-11-26/h3-9,12H,1-2,10-11,13H2,(H,24,27). The lowest BCUT2D eigenvalue weighted by molar-refractivity contribution is -0.113. The highest BCUT2D eigenvalue weighted by Crippen LogP contribution is 2.36. The van der Waals surface area contributed by atoms with Crippen LogP contribution in [0.3, 0.4) is 0 Å². The van der Waals surface area contributed by atoms with Gasteiger partial charge in [-0.25, -0.2) is 4.98 Å². The van der Waals surface area contributed by atoms with Crippen LogP contribution in [0.2, 0.25) is 5.02 Å². The van der Waals surface area contributed by atoms with Crippen molar-refractivity contribution in [2.24, 2.45) is 0 Å². The van der Waals surface area contributed by atoms with Crippen LogP contribution < -0.4 is 10.2 Å². The number of rotatable bonds is 6. The highest BCUT2D eigenvalue weighted by atomic mass is 79.9. The molecule has 1 saturated heterocycles. The smallest absolute Gasteiger partial charge is 0.234 e. The van der Waals surface area contributed by atoms with Crippen molar-refractivity contribution in [2.45, 2.75) is 17.2 Å². The highest BCUT2D eigenvalue weighted by Gasteiger charge is 2.20. The van der Waals surface area contributed by atoms with Crippen molar-refractivity contribution in [3.8, 4) is 11.3 Å². The van der Waals surface area contributed by atoms with Crippen molar-refractivity contribution in [1.29, 1.82) is 0 Å². The zero-order valence-electron chi connectivity index (χ0n) is 15.5. The molecule has 2 heterocycles. The first-order valence-electron chi connectivity index (χ1n) is 9.28. The molecule has 29 heavy (non-hydrogen) atoms. The first kappa shape index (κ1) is 20.7. The Balaban J connectivity index is 1.39. The molecule has 1 aromatic heterocycles. The largest absolute Gasteiger partial charge is 0.369 e. The van der Waals surface area contributed by atoms with E-state index < -0.39 is 0 Å². The zero-order chi connectivity index (χ0) is 20.2. The fourth-order valence-corrected chi connectivity index (χ4v) is 5.46. The van der Waals surface area contributed by atoms with Gasteiger partial charge < -0.3 is 10.2 Å². The van der Waals surface area contributed by atoms with E-state index in [0.717, 1.165) is 57.4 Å². The van der Waals surface area contributed by atoms with Gasteiger partial charge in [0.25, 0.3) is 0 Å². The Morgan fingerprint density at radius 2 is 1.97 bits per heavy atom. The molecule has 8 heteroatoms. The van der Waals surface area contributed by atoms with Crippen LogP contribution >= 0.6 is 50.6 Å². The van der Waals surface area contributed by atoms with Crippen molar-refractivity contribution in [2.75, 3.05) is 29.1 Å². The van der Waals surface area contributed by atoms with Gasteiger partial charge in [0.2, 0.25) is 5.91 Å². The SMILES string of the molecule is O=C(CSc1nc(-c2ccc(Br)cc2)cs1)Nc1cccc(Cl)c1N1CCCC1. The van der Waals surface area contributed by atoms with Crippen LogP contribution in [0.25, 0.3) is 11.3 Å². The molecule has 1 N–H and O–H groups in total. The minimum absolute atomic E-state index is 0.0573. The average molecular weight is 509 g/mol. The first-order chi connectivity index (χ1) is 14.1. The van der Waals surface area contributed by atoms with Gasteiger partial charge in [0.1, 0.15) is 0 Å². The Morgan fingerprint density at radius 1 is 1.21 bits per heavy atom. The van der Waals surface area contributed by atoms with Crippen LogP contribution in [0.5, 0.6) is 0 Å². The molecule has 0 bridgehead atoms. The van der Waals surface area contributed by atoms with Gasteiger partial charge in [0, 0.05) is 28.5 Å². The number of anilines is 2.